The summed E-state index contributed by atoms with van der Waals surface area (Å²) >= 11 is 3.51. The topological polar surface area (TPSA) is 54.7 Å². The molecule has 22 heavy (non-hydrogen) atoms. The molecule has 0 spiro atoms. The molecule has 0 aliphatic heterocycles. The van der Waals surface area contributed by atoms with Crippen molar-refractivity contribution >= 4 is 38.5 Å². The predicted molar refractivity (Wildman–Crippen MR) is 97.0 cm³/mol. The van der Waals surface area contributed by atoms with Crippen LogP contribution in [0.1, 0.15) is 36.5 Å². The number of fused-ring (bicyclic) bond motifs is 1. The monoisotopic (exact) mass is 355 g/mol. The molecule has 3 rings (SSSR count). The highest BCUT2D eigenvalue weighted by Crippen LogP contribution is 2.32. The van der Waals surface area contributed by atoms with Crippen LogP contribution in [0.15, 0.2) is 47.4 Å². The van der Waals surface area contributed by atoms with Crippen LogP contribution in [0.2, 0.25) is 0 Å². The van der Waals surface area contributed by atoms with E-state index in [4.69, 9.17) is 5.73 Å². The Labute approximate surface area is 138 Å². The van der Waals surface area contributed by atoms with Crippen molar-refractivity contribution in [3.63, 3.8) is 0 Å². The van der Waals surface area contributed by atoms with E-state index in [-0.39, 0.29) is 0 Å². The third-order valence-electron chi connectivity index (χ3n) is 3.76. The van der Waals surface area contributed by atoms with E-state index in [1.165, 1.54) is 11.1 Å². The first-order chi connectivity index (χ1) is 10.6. The number of imidazole rings is 1. The Morgan fingerprint density at radius 2 is 1.91 bits per heavy atom. The third-order valence-corrected chi connectivity index (χ3v) is 4.22. The number of hydrogen-bond donors (Lipinski definition) is 2. The van der Waals surface area contributed by atoms with Crippen LogP contribution in [0.5, 0.6) is 0 Å². The molecule has 0 atom stereocenters. The van der Waals surface area contributed by atoms with Gasteiger partial charge < -0.3 is 10.7 Å². The van der Waals surface area contributed by atoms with Crippen LogP contribution in [0.3, 0.4) is 0 Å². The van der Waals surface area contributed by atoms with Crippen LogP contribution in [0.25, 0.3) is 16.6 Å². The summed E-state index contributed by atoms with van der Waals surface area (Å²) in [6.07, 6.45) is 0. The van der Waals surface area contributed by atoms with Crippen LogP contribution in [-0.4, -0.2) is 9.97 Å². The van der Waals surface area contributed by atoms with Gasteiger partial charge in [0.05, 0.1) is 11.0 Å². The molecule has 0 saturated heterocycles. The Hall–Kier alpha value is -2.07. The van der Waals surface area contributed by atoms with Gasteiger partial charge in [-0.15, -0.1) is 0 Å². The van der Waals surface area contributed by atoms with E-state index in [9.17, 15) is 0 Å². The number of rotatable bonds is 3. The van der Waals surface area contributed by atoms with Gasteiger partial charge in [0.2, 0.25) is 0 Å². The van der Waals surface area contributed by atoms with Crippen LogP contribution >= 0.6 is 15.9 Å². The molecule has 0 saturated carbocycles. The summed E-state index contributed by atoms with van der Waals surface area (Å²) in [4.78, 5) is 9.54. The summed E-state index contributed by atoms with van der Waals surface area (Å²) in [6.45, 7) is 4.34. The van der Waals surface area contributed by atoms with Crippen molar-refractivity contribution in [3.05, 3.63) is 64.1 Å². The summed E-state index contributed by atoms with van der Waals surface area (Å²) in [5, 5.41) is 0. The van der Waals surface area contributed by atoms with Crippen LogP contribution in [0, 0.1) is 0 Å². The maximum absolute atomic E-state index is 5.84. The summed E-state index contributed by atoms with van der Waals surface area (Å²) in [7, 11) is 0. The maximum atomic E-state index is 5.84. The minimum absolute atomic E-state index is 0.373. The maximum Gasteiger partial charge on any atom is 0.198 e. The quantitative estimate of drug-likeness (QED) is 0.690. The molecule has 1 heterocycles. The van der Waals surface area contributed by atoms with Crippen LogP contribution in [0.4, 0.5) is 5.95 Å². The van der Waals surface area contributed by atoms with E-state index >= 15 is 0 Å². The lowest BCUT2D eigenvalue weighted by molar-refractivity contribution is 0.873. The molecule has 3 nitrogen and oxygen atoms in total. The van der Waals surface area contributed by atoms with Gasteiger partial charge in [-0.1, -0.05) is 60.1 Å². The minimum Gasteiger partial charge on any atom is -0.369 e. The summed E-state index contributed by atoms with van der Waals surface area (Å²) in [5.41, 5.74) is 12.4. The van der Waals surface area contributed by atoms with Crippen molar-refractivity contribution in [1.82, 2.24) is 9.97 Å². The number of nitrogens with one attached hydrogen (secondary N) is 1. The summed E-state index contributed by atoms with van der Waals surface area (Å²) in [6, 6.07) is 14.6. The first-order valence-electron chi connectivity index (χ1n) is 7.25. The first kappa shape index (κ1) is 14.9. The Bertz CT molecular complexity index is 832. The number of nitrogens with zero attached hydrogens (tertiary/aromatic N) is 1. The zero-order valence-electron chi connectivity index (χ0n) is 12.6. The van der Waals surface area contributed by atoms with E-state index in [0.717, 1.165) is 22.2 Å². The number of benzene rings is 2. The average molecular weight is 356 g/mol. The van der Waals surface area contributed by atoms with Crippen molar-refractivity contribution in [1.29, 1.82) is 0 Å². The van der Waals surface area contributed by atoms with E-state index < -0.39 is 0 Å². The lowest BCUT2D eigenvalue weighted by atomic mass is 9.93. The van der Waals surface area contributed by atoms with E-state index in [1.807, 2.05) is 23.2 Å². The van der Waals surface area contributed by atoms with E-state index in [2.05, 4.69) is 64.0 Å². The number of halogens is 1. The molecular formula is C18H18BrN3. The lowest BCUT2D eigenvalue weighted by Gasteiger charge is -2.12. The van der Waals surface area contributed by atoms with Crippen molar-refractivity contribution in [2.24, 2.45) is 0 Å². The molecule has 0 bridgehead atoms. The third kappa shape index (κ3) is 2.66. The van der Waals surface area contributed by atoms with Gasteiger partial charge in [-0.2, -0.15) is 0 Å². The van der Waals surface area contributed by atoms with Gasteiger partial charge in [-0.05, 0) is 45.3 Å². The summed E-state index contributed by atoms with van der Waals surface area (Å²) < 4.78 is 0. The molecule has 4 heteroatoms. The van der Waals surface area contributed by atoms with E-state index in [0.29, 0.717) is 11.9 Å². The van der Waals surface area contributed by atoms with Gasteiger partial charge >= 0.3 is 0 Å². The van der Waals surface area contributed by atoms with Gasteiger partial charge in [-0.25, -0.2) is 4.98 Å². The molecule has 0 radical (unpaired) electrons. The smallest absolute Gasteiger partial charge is 0.198 e. The Morgan fingerprint density at radius 3 is 2.55 bits per heavy atom. The highest BCUT2D eigenvalue weighted by atomic mass is 79.9. The number of H-pyrrole nitrogens is 1. The van der Waals surface area contributed by atoms with Gasteiger partial charge in [-0.3, -0.25) is 0 Å². The number of aromatic nitrogens is 2. The SMILES string of the molecule is CC(C)c1cc(C(=CBr)c2ccccc2)cc2[nH]c(N)nc12. The summed E-state index contributed by atoms with van der Waals surface area (Å²) in [5.74, 6) is 0.829. The van der Waals surface area contributed by atoms with Crippen LogP contribution in [-0.2, 0) is 0 Å². The van der Waals surface area contributed by atoms with Crippen molar-refractivity contribution in [3.8, 4) is 0 Å². The average Bonchev–Trinajstić information content (AvgIpc) is 2.88. The molecule has 112 valence electrons. The molecule has 0 fully saturated rings. The Balaban J connectivity index is 2.22. The number of nitrogens with two attached hydrogens (primary N) is 1. The fraction of sp³-hybridized carbons (Fsp3) is 0.167. The predicted octanol–water partition coefficient (Wildman–Crippen LogP) is 5.05. The number of hydrogen-bond acceptors (Lipinski definition) is 2. The van der Waals surface area contributed by atoms with E-state index in [1.54, 1.807) is 0 Å². The lowest BCUT2D eigenvalue weighted by Crippen LogP contribution is -1.94. The largest absolute Gasteiger partial charge is 0.369 e. The second-order valence-corrected chi connectivity index (χ2v) is 6.09. The Morgan fingerprint density at radius 1 is 1.18 bits per heavy atom. The van der Waals surface area contributed by atoms with Gasteiger partial charge in [0.1, 0.15) is 0 Å². The zero-order chi connectivity index (χ0) is 15.7. The first-order valence-corrected chi connectivity index (χ1v) is 8.17. The fourth-order valence-electron chi connectivity index (χ4n) is 2.67. The van der Waals surface area contributed by atoms with Gasteiger partial charge in [0.15, 0.2) is 5.95 Å². The molecule has 0 amide bonds. The van der Waals surface area contributed by atoms with Crippen molar-refractivity contribution in [2.75, 3.05) is 5.73 Å². The van der Waals surface area contributed by atoms with Crippen molar-refractivity contribution in [2.45, 2.75) is 19.8 Å². The molecule has 3 aromatic rings. The molecule has 0 aliphatic rings. The van der Waals surface area contributed by atoms with Gasteiger partial charge in [0, 0.05) is 0 Å². The highest BCUT2D eigenvalue weighted by molar-refractivity contribution is 9.11. The van der Waals surface area contributed by atoms with Crippen molar-refractivity contribution < 1.29 is 0 Å². The normalized spacial score (nSPS) is 12.3. The molecule has 0 aliphatic carbocycles. The minimum atomic E-state index is 0.373. The standard InChI is InChI=1S/C18H18BrN3/c1-11(2)14-8-13(9-16-17(14)22-18(20)21-16)15(10-19)12-6-4-3-5-7-12/h3-11H,1-2H3,(H3,20,21,22). The molecule has 1 aromatic heterocycles. The molecular weight excluding hydrogens is 338 g/mol. The second kappa shape index (κ2) is 5.97. The van der Waals surface area contributed by atoms with Gasteiger partial charge in [0.25, 0.3) is 0 Å². The zero-order valence-corrected chi connectivity index (χ0v) is 14.2. The molecule has 3 N–H and O–H groups in total. The molecule has 0 unspecified atom stereocenters. The number of anilines is 1. The fourth-order valence-corrected chi connectivity index (χ4v) is 3.20. The highest BCUT2D eigenvalue weighted by Gasteiger charge is 2.14. The number of aromatic amines is 1. The Kier molecular flexibility index (Phi) is 4.03. The number of nitrogen functional groups attached to an aromatic ring is 1. The van der Waals surface area contributed by atoms with Crippen LogP contribution < -0.4 is 5.73 Å². The molecule has 2 aromatic carbocycles. The second-order valence-electron chi connectivity index (χ2n) is 5.63.